The molecule has 26 heavy (non-hydrogen) atoms. The van der Waals surface area contributed by atoms with Gasteiger partial charge in [-0.3, -0.25) is 9.97 Å². The molecule has 0 spiro atoms. The molecular weight excluding hydrogens is 340 g/mol. The first-order valence-electron chi connectivity index (χ1n) is 8.17. The highest BCUT2D eigenvalue weighted by Gasteiger charge is 2.10. The number of nitrogens with one attached hydrogen (secondary N) is 1. The van der Waals surface area contributed by atoms with Crippen molar-refractivity contribution in [1.29, 1.82) is 5.41 Å². The Morgan fingerprint density at radius 1 is 1.12 bits per heavy atom. The molecule has 0 aliphatic rings. The van der Waals surface area contributed by atoms with E-state index in [0.717, 1.165) is 22.5 Å². The molecule has 4 nitrogen and oxygen atoms in total. The minimum Gasteiger partial charge on any atom is -0.396 e. The van der Waals surface area contributed by atoms with Crippen molar-refractivity contribution < 1.29 is 0 Å². The largest absolute Gasteiger partial charge is 0.396 e. The van der Waals surface area contributed by atoms with E-state index >= 15 is 0 Å². The molecule has 0 aliphatic heterocycles. The highest BCUT2D eigenvalue weighted by atomic mass is 32.2. The maximum absolute atomic E-state index is 7.85. The van der Waals surface area contributed by atoms with Crippen molar-refractivity contribution in [3.63, 3.8) is 0 Å². The van der Waals surface area contributed by atoms with Gasteiger partial charge in [0.15, 0.2) is 0 Å². The molecule has 0 fully saturated rings. The molecule has 0 saturated carbocycles. The van der Waals surface area contributed by atoms with E-state index in [1.54, 1.807) is 18.0 Å². The summed E-state index contributed by atoms with van der Waals surface area (Å²) in [6.07, 6.45) is 5.07. The van der Waals surface area contributed by atoms with Gasteiger partial charge in [0.2, 0.25) is 0 Å². The van der Waals surface area contributed by atoms with Gasteiger partial charge in [-0.05, 0) is 55.1 Å². The Balaban J connectivity index is 2.04. The zero-order valence-corrected chi connectivity index (χ0v) is 15.5. The predicted octanol–water partition coefficient (Wildman–Crippen LogP) is 4.65. The SMILES string of the molecule is CSc1ccc(-c2cc(C(C=N)=C(N)c3cccc(C)n3)ccn2)cc1. The fourth-order valence-electron chi connectivity index (χ4n) is 2.67. The average Bonchev–Trinajstić information content (AvgIpc) is 2.69. The van der Waals surface area contributed by atoms with Crippen LogP contribution in [0.3, 0.4) is 0 Å². The van der Waals surface area contributed by atoms with Crippen LogP contribution in [0.2, 0.25) is 0 Å². The maximum Gasteiger partial charge on any atom is 0.0869 e. The quantitative estimate of drug-likeness (QED) is 0.513. The van der Waals surface area contributed by atoms with E-state index in [2.05, 4.69) is 40.5 Å². The normalized spacial score (nSPS) is 11.8. The number of hydrogen-bond donors (Lipinski definition) is 2. The second-order valence-electron chi connectivity index (χ2n) is 5.79. The lowest BCUT2D eigenvalue weighted by Crippen LogP contribution is -2.05. The number of rotatable bonds is 5. The van der Waals surface area contributed by atoms with Gasteiger partial charge in [-0.1, -0.05) is 18.2 Å². The number of allylic oxidation sites excluding steroid dienone is 1. The number of nitrogens with zero attached hydrogens (tertiary/aromatic N) is 2. The van der Waals surface area contributed by atoms with Gasteiger partial charge in [-0.25, -0.2) is 0 Å². The number of aryl methyl sites for hydroxylation is 1. The lowest BCUT2D eigenvalue weighted by atomic mass is 10.0. The van der Waals surface area contributed by atoms with Crippen molar-refractivity contribution in [1.82, 2.24) is 9.97 Å². The zero-order valence-electron chi connectivity index (χ0n) is 14.7. The number of benzene rings is 1. The second-order valence-corrected chi connectivity index (χ2v) is 6.67. The Bertz CT molecular complexity index is 962. The van der Waals surface area contributed by atoms with Crippen LogP contribution in [-0.2, 0) is 0 Å². The van der Waals surface area contributed by atoms with Gasteiger partial charge in [0, 0.05) is 34.1 Å². The van der Waals surface area contributed by atoms with Gasteiger partial charge in [-0.15, -0.1) is 11.8 Å². The summed E-state index contributed by atoms with van der Waals surface area (Å²) in [4.78, 5) is 10.1. The molecule has 2 aromatic heterocycles. The molecule has 0 unspecified atom stereocenters. The Kier molecular flexibility index (Phi) is 5.49. The van der Waals surface area contributed by atoms with Crippen molar-refractivity contribution in [3.8, 4) is 11.3 Å². The van der Waals surface area contributed by atoms with Crippen LogP contribution < -0.4 is 5.73 Å². The van der Waals surface area contributed by atoms with Crippen molar-refractivity contribution in [2.45, 2.75) is 11.8 Å². The Labute approximate surface area is 157 Å². The molecule has 3 N–H and O–H groups in total. The highest BCUT2D eigenvalue weighted by Crippen LogP contribution is 2.26. The van der Waals surface area contributed by atoms with Crippen LogP contribution in [0.1, 0.15) is 17.0 Å². The molecule has 3 rings (SSSR count). The summed E-state index contributed by atoms with van der Waals surface area (Å²) in [5.74, 6) is 0. The van der Waals surface area contributed by atoms with Crippen LogP contribution >= 0.6 is 11.8 Å². The van der Waals surface area contributed by atoms with Crippen LogP contribution in [0.5, 0.6) is 0 Å². The number of hydrogen-bond acceptors (Lipinski definition) is 5. The highest BCUT2D eigenvalue weighted by molar-refractivity contribution is 7.98. The lowest BCUT2D eigenvalue weighted by molar-refractivity contribution is 1.16. The molecule has 0 radical (unpaired) electrons. The summed E-state index contributed by atoms with van der Waals surface area (Å²) < 4.78 is 0. The minimum atomic E-state index is 0.485. The molecular formula is C21H20N4S. The number of aromatic nitrogens is 2. The van der Waals surface area contributed by atoms with E-state index in [1.165, 1.54) is 11.1 Å². The molecule has 0 atom stereocenters. The van der Waals surface area contributed by atoms with Gasteiger partial charge < -0.3 is 11.1 Å². The minimum absolute atomic E-state index is 0.485. The number of nitrogens with two attached hydrogens (primary N) is 1. The van der Waals surface area contributed by atoms with Crippen molar-refractivity contribution in [3.05, 3.63) is 77.7 Å². The summed E-state index contributed by atoms with van der Waals surface area (Å²) in [6, 6.07) is 17.8. The molecule has 2 heterocycles. The lowest BCUT2D eigenvalue weighted by Gasteiger charge is -2.10. The number of pyridine rings is 2. The molecule has 0 aliphatic carbocycles. The smallest absolute Gasteiger partial charge is 0.0869 e. The first-order chi connectivity index (χ1) is 12.6. The number of thioether (sulfide) groups is 1. The fraction of sp³-hybridized carbons (Fsp3) is 0.0952. The topological polar surface area (TPSA) is 75.7 Å². The molecule has 0 saturated heterocycles. The fourth-order valence-corrected chi connectivity index (χ4v) is 3.07. The molecule has 0 amide bonds. The molecule has 3 aromatic rings. The summed E-state index contributed by atoms with van der Waals surface area (Å²) in [5.41, 5.74) is 11.7. The van der Waals surface area contributed by atoms with Crippen LogP contribution in [-0.4, -0.2) is 22.4 Å². The van der Waals surface area contributed by atoms with Gasteiger partial charge in [0.1, 0.15) is 0 Å². The molecule has 130 valence electrons. The van der Waals surface area contributed by atoms with E-state index < -0.39 is 0 Å². The third kappa shape index (κ3) is 3.83. The van der Waals surface area contributed by atoms with Gasteiger partial charge >= 0.3 is 0 Å². The first-order valence-corrected chi connectivity index (χ1v) is 9.40. The molecule has 0 bridgehead atoms. The van der Waals surface area contributed by atoms with Crippen LogP contribution in [0, 0.1) is 12.3 Å². The van der Waals surface area contributed by atoms with Crippen LogP contribution in [0.15, 0.2) is 65.7 Å². The maximum atomic E-state index is 7.85. The molecule has 1 aromatic carbocycles. The van der Waals surface area contributed by atoms with Gasteiger partial charge in [-0.2, -0.15) is 0 Å². The Hall–Kier alpha value is -2.92. The van der Waals surface area contributed by atoms with E-state index in [-0.39, 0.29) is 0 Å². The van der Waals surface area contributed by atoms with E-state index in [9.17, 15) is 0 Å². The van der Waals surface area contributed by atoms with Gasteiger partial charge in [0.25, 0.3) is 0 Å². The van der Waals surface area contributed by atoms with Crippen molar-refractivity contribution in [2.75, 3.05) is 6.26 Å². The third-order valence-corrected chi connectivity index (χ3v) is 4.80. The summed E-state index contributed by atoms with van der Waals surface area (Å²) in [5, 5.41) is 7.85. The van der Waals surface area contributed by atoms with Gasteiger partial charge in [0.05, 0.1) is 17.1 Å². The van der Waals surface area contributed by atoms with E-state index in [4.69, 9.17) is 11.1 Å². The second kappa shape index (κ2) is 7.97. The van der Waals surface area contributed by atoms with Crippen molar-refractivity contribution in [2.24, 2.45) is 5.73 Å². The summed E-state index contributed by atoms with van der Waals surface area (Å²) in [6.45, 7) is 1.92. The average molecular weight is 360 g/mol. The Morgan fingerprint density at radius 3 is 2.54 bits per heavy atom. The zero-order chi connectivity index (χ0) is 18.5. The first kappa shape index (κ1) is 17.9. The van der Waals surface area contributed by atoms with E-state index in [1.807, 2.05) is 37.3 Å². The predicted molar refractivity (Wildman–Crippen MR) is 110 cm³/mol. The van der Waals surface area contributed by atoms with Crippen LogP contribution in [0.4, 0.5) is 0 Å². The van der Waals surface area contributed by atoms with Crippen molar-refractivity contribution >= 4 is 29.2 Å². The third-order valence-electron chi connectivity index (χ3n) is 4.06. The van der Waals surface area contributed by atoms with E-state index in [0.29, 0.717) is 17.0 Å². The molecule has 5 heteroatoms. The monoisotopic (exact) mass is 360 g/mol. The standard InChI is InChI=1S/C21H20N4S/c1-14-4-3-5-19(25-14)21(23)18(13-22)16-10-11-24-20(12-16)15-6-8-17(26-2)9-7-15/h3-13,22H,23H2,1-2H3. The van der Waals surface area contributed by atoms with Crippen LogP contribution in [0.25, 0.3) is 22.5 Å². The summed E-state index contributed by atoms with van der Waals surface area (Å²) in [7, 11) is 0. The summed E-state index contributed by atoms with van der Waals surface area (Å²) >= 11 is 1.71. The Morgan fingerprint density at radius 2 is 1.88 bits per heavy atom.